The molecule has 3 aromatic heterocycles. The third-order valence-corrected chi connectivity index (χ3v) is 11.9. The fourth-order valence-corrected chi connectivity index (χ4v) is 8.72. The first-order valence-electron chi connectivity index (χ1n) is 20.2. The molecule has 3 saturated heterocycles. The number of piperidine rings is 2. The Morgan fingerprint density at radius 2 is 1.68 bits per heavy atom. The summed E-state index contributed by atoms with van der Waals surface area (Å²) in [6.45, 7) is 6.91. The number of fused-ring (bicyclic) bond motifs is 2. The number of aromatic nitrogens is 4. The van der Waals surface area contributed by atoms with Crippen LogP contribution in [0.2, 0.25) is 0 Å². The molecular formula is C43H48N12O4. The second kappa shape index (κ2) is 15.9. The van der Waals surface area contributed by atoms with Crippen LogP contribution in [0, 0.1) is 5.92 Å². The lowest BCUT2D eigenvalue weighted by molar-refractivity contribution is -0.134. The van der Waals surface area contributed by atoms with Gasteiger partial charge in [-0.15, -0.1) is 0 Å². The van der Waals surface area contributed by atoms with E-state index in [9.17, 15) is 14.4 Å². The molecule has 1 atom stereocenters. The highest BCUT2D eigenvalue weighted by Gasteiger charge is 2.34. The number of carbonyl (C=O) groups excluding carboxylic acids is 3. The fraction of sp³-hybridized carbons (Fsp3) is 0.349. The maximum Gasteiger partial charge on any atom is 0.249 e. The first-order valence-corrected chi connectivity index (χ1v) is 20.2. The number of rotatable bonds is 11. The lowest BCUT2D eigenvalue weighted by Crippen LogP contribution is -2.52. The molecule has 59 heavy (non-hydrogen) atoms. The lowest BCUT2D eigenvalue weighted by Gasteiger charge is -2.40. The molecule has 0 bridgehead atoms. The molecule has 5 N–H and O–H groups in total. The van der Waals surface area contributed by atoms with Gasteiger partial charge in [-0.2, -0.15) is 10.1 Å². The van der Waals surface area contributed by atoms with Crippen LogP contribution in [0.5, 0.6) is 0 Å². The van der Waals surface area contributed by atoms with Gasteiger partial charge in [0.05, 0.1) is 23.1 Å². The van der Waals surface area contributed by atoms with E-state index in [2.05, 4.69) is 75.8 Å². The van der Waals surface area contributed by atoms with Gasteiger partial charge >= 0.3 is 0 Å². The van der Waals surface area contributed by atoms with E-state index in [1.54, 1.807) is 18.5 Å². The number of nitrogen functional groups attached to an aromatic ring is 1. The normalized spacial score (nSPS) is 18.0. The number of imide groups is 1. The number of nitrogens with one attached hydrogen (secondary N) is 3. The largest absolute Gasteiger partial charge is 0.456 e. The number of anilines is 7. The van der Waals surface area contributed by atoms with Gasteiger partial charge in [0, 0.05) is 112 Å². The summed E-state index contributed by atoms with van der Waals surface area (Å²) in [6, 6.07) is 19.7. The van der Waals surface area contributed by atoms with Crippen molar-refractivity contribution in [3.8, 4) is 11.3 Å². The Labute approximate surface area is 341 Å². The number of amides is 3. The predicted octanol–water partition coefficient (Wildman–Crippen LogP) is 4.96. The number of hydrogen-bond acceptors (Lipinski definition) is 13. The van der Waals surface area contributed by atoms with Crippen molar-refractivity contribution in [3.05, 3.63) is 73.1 Å². The Hall–Kier alpha value is -6.68. The van der Waals surface area contributed by atoms with E-state index in [0.717, 1.165) is 115 Å². The molecule has 0 radical (unpaired) electrons. The highest BCUT2D eigenvalue weighted by molar-refractivity contribution is 6.05. The zero-order valence-electron chi connectivity index (χ0n) is 33.2. The van der Waals surface area contributed by atoms with Gasteiger partial charge in [-0.1, -0.05) is 0 Å². The Morgan fingerprint density at radius 1 is 0.898 bits per heavy atom. The quantitative estimate of drug-likeness (QED) is 0.102. The van der Waals surface area contributed by atoms with E-state index >= 15 is 0 Å². The second-order valence-electron chi connectivity index (χ2n) is 15.9. The number of furan rings is 1. The third kappa shape index (κ3) is 7.82. The number of H-pyrrole nitrogens is 1. The molecule has 3 aromatic carbocycles. The average molecular weight is 797 g/mol. The Balaban J connectivity index is 0.807. The van der Waals surface area contributed by atoms with Crippen LogP contribution in [-0.2, 0) is 14.4 Å². The van der Waals surface area contributed by atoms with Crippen molar-refractivity contribution in [2.24, 2.45) is 5.92 Å². The number of aromatic amines is 1. The van der Waals surface area contributed by atoms with Crippen LogP contribution >= 0.6 is 0 Å². The van der Waals surface area contributed by atoms with Crippen LogP contribution < -0.4 is 36.0 Å². The van der Waals surface area contributed by atoms with Crippen molar-refractivity contribution in [1.29, 1.82) is 0 Å². The molecule has 16 heteroatoms. The highest BCUT2D eigenvalue weighted by atomic mass is 16.3. The summed E-state index contributed by atoms with van der Waals surface area (Å²) >= 11 is 0. The number of benzene rings is 3. The zero-order valence-corrected chi connectivity index (χ0v) is 33.2. The number of nitrogens with zero attached hydrogens (tertiary/aromatic N) is 8. The van der Waals surface area contributed by atoms with E-state index in [4.69, 9.17) is 10.2 Å². The second-order valence-corrected chi connectivity index (χ2v) is 15.9. The molecular weight excluding hydrogens is 749 g/mol. The molecule has 9 rings (SSSR count). The molecule has 304 valence electrons. The molecule has 16 nitrogen and oxygen atoms in total. The van der Waals surface area contributed by atoms with E-state index in [0.29, 0.717) is 30.3 Å². The number of nitrogens with two attached hydrogens (primary N) is 1. The average Bonchev–Trinajstić information content (AvgIpc) is 3.89. The van der Waals surface area contributed by atoms with Gasteiger partial charge in [-0.25, -0.2) is 4.98 Å². The van der Waals surface area contributed by atoms with Gasteiger partial charge in [0.1, 0.15) is 23.2 Å². The molecule has 1 unspecified atom stereocenters. The Bertz CT molecular complexity index is 2520. The SMILES string of the molecule is CN(C)c1cc(N2CCC(CN3CCN(c4ccc5cc(-c6cc(Nc7ccnc(N)n7)cc7cn[nH]c67)oc5c4)CC3)CC2)ccc1N(C=O)C1CCC(=O)NC1=O. The van der Waals surface area contributed by atoms with Crippen molar-refractivity contribution < 1.29 is 18.8 Å². The minimum Gasteiger partial charge on any atom is -0.456 e. The summed E-state index contributed by atoms with van der Waals surface area (Å²) in [5.41, 5.74) is 13.0. The predicted molar refractivity (Wildman–Crippen MR) is 230 cm³/mol. The van der Waals surface area contributed by atoms with E-state index in [1.165, 1.54) is 4.90 Å². The molecule has 0 aliphatic carbocycles. The molecule has 0 saturated carbocycles. The van der Waals surface area contributed by atoms with Crippen molar-refractivity contribution in [1.82, 2.24) is 30.4 Å². The number of carbonyl (C=O) groups is 3. The summed E-state index contributed by atoms with van der Waals surface area (Å²) in [5, 5.41) is 15.1. The van der Waals surface area contributed by atoms with Crippen LogP contribution in [-0.4, -0.2) is 109 Å². The van der Waals surface area contributed by atoms with Gasteiger partial charge in [-0.05, 0) is 79.8 Å². The van der Waals surface area contributed by atoms with Crippen LogP contribution in [0.1, 0.15) is 25.7 Å². The third-order valence-electron chi connectivity index (χ3n) is 11.9. The standard InChI is InChI=1S/C43H48N12O4/c1-51(2)36-22-31(5-6-34(36)55(26-56)35-7-8-40(57)49-42(35)58)53-13-10-27(11-14-53)25-52-15-17-54(18-16-52)32-4-3-28-20-38(59-37(28)23-32)33-21-30(19-29-24-46-50-41(29)33)47-39-9-12-45-43(44)48-39/h3-6,9,12,19-24,26-27,35H,7-8,10-11,13-18,25H2,1-2H3,(H,46,50)(H,49,57,58)(H3,44,45,47,48). The highest BCUT2D eigenvalue weighted by Crippen LogP contribution is 2.38. The summed E-state index contributed by atoms with van der Waals surface area (Å²) in [4.78, 5) is 55.8. The molecule has 3 fully saturated rings. The first-order chi connectivity index (χ1) is 28.7. The molecule has 3 aliphatic rings. The van der Waals surface area contributed by atoms with Crippen molar-refractivity contribution in [2.45, 2.75) is 31.7 Å². The summed E-state index contributed by atoms with van der Waals surface area (Å²) < 4.78 is 6.52. The monoisotopic (exact) mass is 796 g/mol. The Kier molecular flexibility index (Phi) is 10.2. The van der Waals surface area contributed by atoms with Gasteiger partial charge < -0.3 is 35.1 Å². The van der Waals surface area contributed by atoms with E-state index in [-0.39, 0.29) is 18.3 Å². The van der Waals surface area contributed by atoms with Gasteiger partial charge in [-0.3, -0.25) is 29.7 Å². The minimum absolute atomic E-state index is 0.201. The van der Waals surface area contributed by atoms with E-state index in [1.807, 2.05) is 43.3 Å². The smallest absolute Gasteiger partial charge is 0.249 e. The van der Waals surface area contributed by atoms with Crippen molar-refractivity contribution in [3.63, 3.8) is 0 Å². The van der Waals surface area contributed by atoms with Crippen LogP contribution in [0.15, 0.2) is 77.5 Å². The lowest BCUT2D eigenvalue weighted by atomic mass is 9.95. The van der Waals surface area contributed by atoms with Crippen LogP contribution in [0.25, 0.3) is 33.2 Å². The topological polar surface area (TPSA) is 185 Å². The first kappa shape index (κ1) is 37.9. The minimum atomic E-state index is -0.716. The Morgan fingerprint density at radius 3 is 2.44 bits per heavy atom. The molecule has 3 aliphatic heterocycles. The van der Waals surface area contributed by atoms with Crippen molar-refractivity contribution in [2.75, 3.05) is 90.6 Å². The maximum absolute atomic E-state index is 12.6. The molecule has 6 aromatic rings. The molecule has 0 spiro atoms. The summed E-state index contributed by atoms with van der Waals surface area (Å²) in [5.74, 6) is 1.43. The summed E-state index contributed by atoms with van der Waals surface area (Å²) in [6.07, 6.45) is 6.83. The van der Waals surface area contributed by atoms with E-state index < -0.39 is 11.9 Å². The van der Waals surface area contributed by atoms with Crippen LogP contribution in [0.4, 0.5) is 40.2 Å². The fourth-order valence-electron chi connectivity index (χ4n) is 8.72. The van der Waals surface area contributed by atoms with Gasteiger partial charge in [0.25, 0.3) is 0 Å². The van der Waals surface area contributed by atoms with Gasteiger partial charge in [0.15, 0.2) is 0 Å². The summed E-state index contributed by atoms with van der Waals surface area (Å²) in [7, 11) is 3.87. The number of piperazine rings is 1. The van der Waals surface area contributed by atoms with Gasteiger partial charge in [0.2, 0.25) is 24.2 Å². The maximum atomic E-state index is 12.6. The van der Waals surface area contributed by atoms with Crippen molar-refractivity contribution >= 4 is 80.3 Å². The molecule has 3 amide bonds. The zero-order chi connectivity index (χ0) is 40.6. The number of hydrogen-bond donors (Lipinski definition) is 4. The van der Waals surface area contributed by atoms with Crippen LogP contribution in [0.3, 0.4) is 0 Å². The molecule has 6 heterocycles.